The first-order valence-electron chi connectivity index (χ1n) is 8.61. The summed E-state index contributed by atoms with van der Waals surface area (Å²) in [5.41, 5.74) is 3.07. The number of aryl methyl sites for hydroxylation is 1. The van der Waals surface area contributed by atoms with E-state index in [4.69, 9.17) is 0 Å². The van der Waals surface area contributed by atoms with E-state index in [-0.39, 0.29) is 11.2 Å². The second kappa shape index (κ2) is 8.19. The number of hydrogen-bond acceptors (Lipinski definition) is 4. The number of nitrogens with zero attached hydrogens (tertiary/aromatic N) is 4. The number of carbonyl (C=O) groups is 1. The van der Waals surface area contributed by atoms with E-state index in [1.807, 2.05) is 79.9 Å². The molecule has 1 heterocycles. The second-order valence-corrected chi connectivity index (χ2v) is 7.26. The third kappa shape index (κ3) is 3.80. The van der Waals surface area contributed by atoms with Crippen molar-refractivity contribution >= 4 is 23.4 Å². The van der Waals surface area contributed by atoms with Crippen LogP contribution >= 0.6 is 11.8 Å². The summed E-state index contributed by atoms with van der Waals surface area (Å²) in [5.74, 6) is 0.0584. The van der Waals surface area contributed by atoms with Crippen LogP contribution in [0.5, 0.6) is 0 Å². The lowest BCUT2D eigenvalue weighted by Gasteiger charge is -2.24. The normalized spacial score (nSPS) is 12.0. The Morgan fingerprint density at radius 3 is 2.54 bits per heavy atom. The first-order chi connectivity index (χ1) is 12.6. The molecule has 0 bridgehead atoms. The molecular weight excluding hydrogens is 344 g/mol. The molecule has 1 amide bonds. The van der Waals surface area contributed by atoms with Gasteiger partial charge in [-0.2, -0.15) is 0 Å². The molecule has 2 aromatic carbocycles. The SMILES string of the molecule is CCN(C(=O)C(C)Sc1nncn1-c1ccccc1C)c1ccccc1. The van der Waals surface area contributed by atoms with Gasteiger partial charge in [0.2, 0.25) is 5.91 Å². The van der Waals surface area contributed by atoms with Gasteiger partial charge in [-0.3, -0.25) is 9.36 Å². The van der Waals surface area contributed by atoms with Gasteiger partial charge in [0.15, 0.2) is 5.16 Å². The van der Waals surface area contributed by atoms with Crippen LogP contribution in [0.2, 0.25) is 0 Å². The van der Waals surface area contributed by atoms with Crippen LogP contribution in [0, 0.1) is 6.92 Å². The number of carbonyl (C=O) groups excluding carboxylic acids is 1. The number of anilines is 1. The molecule has 0 spiro atoms. The van der Waals surface area contributed by atoms with Crippen molar-refractivity contribution in [1.29, 1.82) is 0 Å². The van der Waals surface area contributed by atoms with Crippen LogP contribution in [0.25, 0.3) is 5.69 Å². The van der Waals surface area contributed by atoms with Crippen LogP contribution in [0.4, 0.5) is 5.69 Å². The Bertz CT molecular complexity index is 878. The summed E-state index contributed by atoms with van der Waals surface area (Å²) in [6.07, 6.45) is 1.69. The minimum absolute atomic E-state index is 0.0584. The lowest BCUT2D eigenvalue weighted by Crippen LogP contribution is -2.36. The fourth-order valence-corrected chi connectivity index (χ4v) is 3.70. The molecule has 0 N–H and O–H groups in total. The summed E-state index contributed by atoms with van der Waals surface area (Å²) in [7, 11) is 0. The zero-order valence-electron chi connectivity index (χ0n) is 15.2. The highest BCUT2D eigenvalue weighted by Gasteiger charge is 2.24. The number of hydrogen-bond donors (Lipinski definition) is 0. The number of benzene rings is 2. The Hall–Kier alpha value is -2.60. The van der Waals surface area contributed by atoms with Gasteiger partial charge in [-0.05, 0) is 44.5 Å². The minimum Gasteiger partial charge on any atom is -0.312 e. The molecule has 0 fully saturated rings. The molecule has 0 saturated carbocycles. The smallest absolute Gasteiger partial charge is 0.240 e. The van der Waals surface area contributed by atoms with Crippen molar-refractivity contribution < 1.29 is 4.79 Å². The maximum absolute atomic E-state index is 13.0. The van der Waals surface area contributed by atoms with E-state index >= 15 is 0 Å². The maximum Gasteiger partial charge on any atom is 0.240 e. The highest BCUT2D eigenvalue weighted by Crippen LogP contribution is 2.27. The Labute approximate surface area is 158 Å². The van der Waals surface area contributed by atoms with Crippen LogP contribution in [0.1, 0.15) is 19.4 Å². The van der Waals surface area contributed by atoms with Crippen molar-refractivity contribution in [2.45, 2.75) is 31.2 Å². The average molecular weight is 366 g/mol. The molecule has 3 aromatic rings. The fraction of sp³-hybridized carbons (Fsp3) is 0.250. The highest BCUT2D eigenvalue weighted by atomic mass is 32.2. The summed E-state index contributed by atoms with van der Waals surface area (Å²) < 4.78 is 1.93. The zero-order valence-corrected chi connectivity index (χ0v) is 16.0. The summed E-state index contributed by atoms with van der Waals surface area (Å²) in [4.78, 5) is 14.8. The molecule has 6 heteroatoms. The lowest BCUT2D eigenvalue weighted by molar-refractivity contribution is -0.117. The van der Waals surface area contributed by atoms with Gasteiger partial charge < -0.3 is 4.90 Å². The van der Waals surface area contributed by atoms with E-state index in [2.05, 4.69) is 10.2 Å². The standard InChI is InChI=1S/C20H22N4OS/c1-4-23(17-11-6-5-7-12-17)19(25)16(3)26-20-22-21-14-24(20)18-13-9-8-10-15(18)2/h5-14,16H,4H2,1-3H3. The van der Waals surface area contributed by atoms with Gasteiger partial charge >= 0.3 is 0 Å². The highest BCUT2D eigenvalue weighted by molar-refractivity contribution is 8.00. The summed E-state index contributed by atoms with van der Waals surface area (Å²) >= 11 is 1.43. The Morgan fingerprint density at radius 2 is 1.85 bits per heavy atom. The van der Waals surface area contributed by atoms with Gasteiger partial charge in [0, 0.05) is 12.2 Å². The number of rotatable bonds is 6. The van der Waals surface area contributed by atoms with Crippen molar-refractivity contribution in [2.75, 3.05) is 11.4 Å². The molecule has 0 aliphatic rings. The third-order valence-corrected chi connectivity index (χ3v) is 5.22. The molecule has 3 rings (SSSR count). The predicted molar refractivity (Wildman–Crippen MR) is 106 cm³/mol. The van der Waals surface area contributed by atoms with Gasteiger partial charge in [0.25, 0.3) is 0 Å². The largest absolute Gasteiger partial charge is 0.312 e. The van der Waals surface area contributed by atoms with Gasteiger partial charge in [-0.1, -0.05) is 48.2 Å². The number of amides is 1. The Kier molecular flexibility index (Phi) is 5.73. The zero-order chi connectivity index (χ0) is 18.5. The molecule has 5 nitrogen and oxygen atoms in total. The van der Waals surface area contributed by atoms with Crippen LogP contribution < -0.4 is 4.90 Å². The van der Waals surface area contributed by atoms with Gasteiger partial charge in [-0.15, -0.1) is 10.2 Å². The molecule has 1 atom stereocenters. The Balaban J connectivity index is 1.81. The van der Waals surface area contributed by atoms with E-state index in [9.17, 15) is 4.79 Å². The molecule has 26 heavy (non-hydrogen) atoms. The van der Waals surface area contributed by atoms with Gasteiger partial charge in [0.1, 0.15) is 6.33 Å². The average Bonchev–Trinajstić information content (AvgIpc) is 3.11. The first kappa shape index (κ1) is 18.2. The van der Waals surface area contributed by atoms with Crippen LogP contribution in [0.3, 0.4) is 0 Å². The summed E-state index contributed by atoms with van der Waals surface area (Å²) in [6.45, 7) is 6.57. The van der Waals surface area contributed by atoms with Crippen molar-refractivity contribution in [1.82, 2.24) is 14.8 Å². The van der Waals surface area contributed by atoms with Crippen molar-refractivity contribution in [3.8, 4) is 5.69 Å². The van der Waals surface area contributed by atoms with Crippen LogP contribution in [-0.2, 0) is 4.79 Å². The van der Waals surface area contributed by atoms with E-state index < -0.39 is 0 Å². The van der Waals surface area contributed by atoms with E-state index in [0.29, 0.717) is 11.7 Å². The van der Waals surface area contributed by atoms with Crippen molar-refractivity contribution in [2.24, 2.45) is 0 Å². The van der Waals surface area contributed by atoms with Crippen molar-refractivity contribution in [3.05, 3.63) is 66.5 Å². The molecule has 134 valence electrons. The topological polar surface area (TPSA) is 51.0 Å². The summed E-state index contributed by atoms with van der Waals surface area (Å²) in [6, 6.07) is 17.8. The molecule has 0 aliphatic carbocycles. The quantitative estimate of drug-likeness (QED) is 0.616. The number of para-hydroxylation sites is 2. The number of aromatic nitrogens is 3. The predicted octanol–water partition coefficient (Wildman–Crippen LogP) is 4.11. The molecule has 0 aliphatic heterocycles. The van der Waals surface area contributed by atoms with Gasteiger partial charge in [-0.25, -0.2) is 0 Å². The summed E-state index contributed by atoms with van der Waals surface area (Å²) in [5, 5.41) is 8.70. The van der Waals surface area contributed by atoms with Gasteiger partial charge in [0.05, 0.1) is 10.9 Å². The minimum atomic E-state index is -0.276. The van der Waals surface area contributed by atoms with E-state index in [1.54, 1.807) is 11.2 Å². The monoisotopic (exact) mass is 366 g/mol. The first-order valence-corrected chi connectivity index (χ1v) is 9.49. The van der Waals surface area contributed by atoms with Crippen LogP contribution in [-0.4, -0.2) is 32.5 Å². The molecule has 0 radical (unpaired) electrons. The Morgan fingerprint density at radius 1 is 1.15 bits per heavy atom. The molecule has 1 unspecified atom stereocenters. The van der Waals surface area contributed by atoms with E-state index in [0.717, 1.165) is 16.9 Å². The van der Waals surface area contributed by atoms with Crippen LogP contribution in [0.15, 0.2) is 66.1 Å². The van der Waals surface area contributed by atoms with Crippen molar-refractivity contribution in [3.63, 3.8) is 0 Å². The third-order valence-electron chi connectivity index (χ3n) is 4.17. The lowest BCUT2D eigenvalue weighted by atomic mass is 10.2. The second-order valence-electron chi connectivity index (χ2n) is 5.95. The maximum atomic E-state index is 13.0. The molecular formula is C20H22N4OS. The fourth-order valence-electron chi connectivity index (χ4n) is 2.81. The molecule has 1 aromatic heterocycles. The molecule has 0 saturated heterocycles. The number of thioether (sulfide) groups is 1. The van der Waals surface area contributed by atoms with E-state index in [1.165, 1.54) is 11.8 Å².